The second-order valence-corrected chi connectivity index (χ2v) is 4.03. The molecule has 0 radical (unpaired) electrons. The van der Waals surface area contributed by atoms with Crippen molar-refractivity contribution < 1.29 is 14.4 Å². The maximum absolute atomic E-state index is 11.0. The first-order valence-electron chi connectivity index (χ1n) is 5.46. The fraction of sp³-hybridized carbons (Fsp3) is 0.727. The number of piperidine rings is 1. The summed E-state index contributed by atoms with van der Waals surface area (Å²) in [7, 11) is 0. The molecular formula is C11H17NO3. The SMILES string of the molecule is CCC(=O)CCCC1CC(=O)NC(=O)C1. The number of carbonyl (C=O) groups is 3. The van der Waals surface area contributed by atoms with E-state index in [0.29, 0.717) is 25.7 Å². The van der Waals surface area contributed by atoms with Crippen molar-refractivity contribution in [2.75, 3.05) is 0 Å². The minimum absolute atomic E-state index is 0.135. The van der Waals surface area contributed by atoms with Crippen LogP contribution >= 0.6 is 0 Å². The van der Waals surface area contributed by atoms with Crippen molar-refractivity contribution in [3.63, 3.8) is 0 Å². The number of imide groups is 1. The van der Waals surface area contributed by atoms with E-state index in [1.165, 1.54) is 0 Å². The van der Waals surface area contributed by atoms with Gasteiger partial charge in [-0.15, -0.1) is 0 Å². The molecule has 4 nitrogen and oxygen atoms in total. The van der Waals surface area contributed by atoms with Crippen LogP contribution in [0.2, 0.25) is 0 Å². The molecule has 0 aromatic rings. The number of nitrogens with one attached hydrogen (secondary N) is 1. The highest BCUT2D eigenvalue weighted by molar-refractivity contribution is 5.97. The molecule has 1 N–H and O–H groups in total. The van der Waals surface area contributed by atoms with Crippen molar-refractivity contribution in [1.29, 1.82) is 0 Å². The zero-order chi connectivity index (χ0) is 11.3. The Morgan fingerprint density at radius 3 is 2.47 bits per heavy atom. The van der Waals surface area contributed by atoms with Crippen LogP contribution in [0.5, 0.6) is 0 Å². The minimum Gasteiger partial charge on any atom is -0.300 e. The minimum atomic E-state index is -0.182. The van der Waals surface area contributed by atoms with Crippen LogP contribution in [0.4, 0.5) is 0 Å². The molecule has 0 saturated carbocycles. The molecule has 0 unspecified atom stereocenters. The van der Waals surface area contributed by atoms with Gasteiger partial charge in [-0.1, -0.05) is 6.92 Å². The molecule has 1 rings (SSSR count). The van der Waals surface area contributed by atoms with Crippen LogP contribution in [-0.4, -0.2) is 17.6 Å². The van der Waals surface area contributed by atoms with E-state index in [1.807, 2.05) is 6.92 Å². The predicted molar refractivity (Wildman–Crippen MR) is 55.0 cm³/mol. The molecule has 0 aromatic heterocycles. The summed E-state index contributed by atoms with van der Waals surface area (Å²) in [6.07, 6.45) is 3.58. The van der Waals surface area contributed by atoms with Gasteiger partial charge >= 0.3 is 0 Å². The maximum Gasteiger partial charge on any atom is 0.226 e. The summed E-state index contributed by atoms with van der Waals surface area (Å²) in [6, 6.07) is 0. The maximum atomic E-state index is 11.0. The number of amides is 2. The highest BCUT2D eigenvalue weighted by Crippen LogP contribution is 2.20. The van der Waals surface area contributed by atoms with Gasteiger partial charge < -0.3 is 0 Å². The summed E-state index contributed by atoms with van der Waals surface area (Å²) in [6.45, 7) is 1.85. The molecule has 0 spiro atoms. The molecule has 84 valence electrons. The number of carbonyl (C=O) groups excluding carboxylic acids is 3. The Bertz CT molecular complexity index is 257. The van der Waals surface area contributed by atoms with Crippen LogP contribution in [0.25, 0.3) is 0 Å². The van der Waals surface area contributed by atoms with E-state index in [9.17, 15) is 14.4 Å². The van der Waals surface area contributed by atoms with Gasteiger partial charge in [-0.2, -0.15) is 0 Å². The van der Waals surface area contributed by atoms with Gasteiger partial charge in [0.2, 0.25) is 11.8 Å². The molecule has 1 fully saturated rings. The van der Waals surface area contributed by atoms with Crippen molar-refractivity contribution in [2.24, 2.45) is 5.92 Å². The van der Waals surface area contributed by atoms with Gasteiger partial charge in [-0.3, -0.25) is 19.7 Å². The normalized spacial score (nSPS) is 17.7. The van der Waals surface area contributed by atoms with Gasteiger partial charge in [-0.25, -0.2) is 0 Å². The average molecular weight is 211 g/mol. The molecule has 15 heavy (non-hydrogen) atoms. The summed E-state index contributed by atoms with van der Waals surface area (Å²) in [5.41, 5.74) is 0. The third-order valence-electron chi connectivity index (χ3n) is 2.69. The molecule has 0 bridgehead atoms. The highest BCUT2D eigenvalue weighted by Gasteiger charge is 2.24. The van der Waals surface area contributed by atoms with Crippen molar-refractivity contribution in [1.82, 2.24) is 5.32 Å². The van der Waals surface area contributed by atoms with Crippen molar-refractivity contribution in [2.45, 2.75) is 45.4 Å². The molecule has 0 aliphatic carbocycles. The van der Waals surface area contributed by atoms with Gasteiger partial charge in [0.05, 0.1) is 0 Å². The second kappa shape index (κ2) is 5.63. The first kappa shape index (κ1) is 11.9. The van der Waals surface area contributed by atoms with E-state index < -0.39 is 0 Å². The molecule has 0 aromatic carbocycles. The van der Waals surface area contributed by atoms with Crippen LogP contribution in [0, 0.1) is 5.92 Å². The molecule has 1 aliphatic rings. The molecule has 2 amide bonds. The lowest BCUT2D eigenvalue weighted by Crippen LogP contribution is -2.38. The smallest absolute Gasteiger partial charge is 0.226 e. The lowest BCUT2D eigenvalue weighted by Gasteiger charge is -2.20. The fourth-order valence-corrected chi connectivity index (χ4v) is 1.82. The Labute approximate surface area is 89.4 Å². The summed E-state index contributed by atoms with van der Waals surface area (Å²) in [4.78, 5) is 33.1. The van der Waals surface area contributed by atoms with Crippen LogP contribution in [0.15, 0.2) is 0 Å². The first-order valence-corrected chi connectivity index (χ1v) is 5.46. The van der Waals surface area contributed by atoms with E-state index in [2.05, 4.69) is 5.32 Å². The van der Waals surface area contributed by atoms with Gasteiger partial charge in [0.15, 0.2) is 0 Å². The predicted octanol–water partition coefficient (Wildman–Crippen LogP) is 1.19. The topological polar surface area (TPSA) is 63.2 Å². The van der Waals surface area contributed by atoms with E-state index in [0.717, 1.165) is 12.8 Å². The Morgan fingerprint density at radius 2 is 1.93 bits per heavy atom. The number of rotatable bonds is 5. The largest absolute Gasteiger partial charge is 0.300 e. The molecule has 1 heterocycles. The van der Waals surface area contributed by atoms with Crippen molar-refractivity contribution in [3.05, 3.63) is 0 Å². The Hall–Kier alpha value is -1.19. The van der Waals surface area contributed by atoms with E-state index >= 15 is 0 Å². The fourth-order valence-electron chi connectivity index (χ4n) is 1.82. The zero-order valence-electron chi connectivity index (χ0n) is 9.04. The van der Waals surface area contributed by atoms with Crippen LogP contribution in [0.3, 0.4) is 0 Å². The molecule has 1 aliphatic heterocycles. The zero-order valence-corrected chi connectivity index (χ0v) is 9.04. The lowest BCUT2D eigenvalue weighted by atomic mass is 9.91. The quantitative estimate of drug-likeness (QED) is 0.695. The molecular weight excluding hydrogens is 194 g/mol. The van der Waals surface area contributed by atoms with Gasteiger partial charge in [0.1, 0.15) is 5.78 Å². The average Bonchev–Trinajstić information content (AvgIpc) is 2.16. The number of hydrogen-bond donors (Lipinski definition) is 1. The van der Waals surface area contributed by atoms with E-state index in [-0.39, 0.29) is 23.5 Å². The van der Waals surface area contributed by atoms with E-state index in [1.54, 1.807) is 0 Å². The number of hydrogen-bond acceptors (Lipinski definition) is 3. The molecule has 0 atom stereocenters. The lowest BCUT2D eigenvalue weighted by molar-refractivity contribution is -0.134. The summed E-state index contributed by atoms with van der Waals surface area (Å²) in [5.74, 6) is 0.0219. The van der Waals surface area contributed by atoms with Crippen LogP contribution in [0.1, 0.15) is 45.4 Å². The summed E-state index contributed by atoms with van der Waals surface area (Å²) >= 11 is 0. The standard InChI is InChI=1S/C11H17NO3/c1-2-9(13)5-3-4-8-6-10(14)12-11(15)7-8/h8H,2-7H2,1H3,(H,12,14,15). The van der Waals surface area contributed by atoms with Crippen molar-refractivity contribution in [3.8, 4) is 0 Å². The van der Waals surface area contributed by atoms with Gasteiger partial charge in [0.25, 0.3) is 0 Å². The number of Topliss-reactive ketones (excluding diaryl/α,β-unsaturated/α-hetero) is 1. The summed E-state index contributed by atoms with van der Waals surface area (Å²) < 4.78 is 0. The second-order valence-electron chi connectivity index (χ2n) is 4.03. The molecule has 4 heteroatoms. The number of ketones is 1. The third-order valence-corrected chi connectivity index (χ3v) is 2.69. The molecule has 1 saturated heterocycles. The Balaban J connectivity index is 2.23. The third kappa shape index (κ3) is 4.23. The monoisotopic (exact) mass is 211 g/mol. The Kier molecular flexibility index (Phi) is 4.46. The van der Waals surface area contributed by atoms with Gasteiger partial charge in [0, 0.05) is 25.7 Å². The van der Waals surface area contributed by atoms with E-state index in [4.69, 9.17) is 0 Å². The van der Waals surface area contributed by atoms with Crippen molar-refractivity contribution >= 4 is 17.6 Å². The van der Waals surface area contributed by atoms with Crippen LogP contribution in [-0.2, 0) is 14.4 Å². The Morgan fingerprint density at radius 1 is 1.33 bits per heavy atom. The van der Waals surface area contributed by atoms with Crippen LogP contribution < -0.4 is 5.32 Å². The first-order chi connectivity index (χ1) is 7.11. The highest BCUT2D eigenvalue weighted by atomic mass is 16.2. The van der Waals surface area contributed by atoms with Gasteiger partial charge in [-0.05, 0) is 18.8 Å². The summed E-state index contributed by atoms with van der Waals surface area (Å²) in [5, 5.41) is 2.27.